The van der Waals surface area contributed by atoms with Crippen LogP contribution >= 0.6 is 0 Å². The molecule has 1 aromatic carbocycles. The minimum Gasteiger partial charge on any atom is -0.496 e. The van der Waals surface area contributed by atoms with Crippen LogP contribution in [0.3, 0.4) is 0 Å². The standard InChI is InChI=1S/C15H17NO/c1-4-13-6-5-7-14(16-13)12-8-9-15(17-3)11(2)10-12/h5-10H,4H2,1-3H3. The number of rotatable bonds is 3. The van der Waals surface area contributed by atoms with Crippen LogP contribution in [0, 0.1) is 6.92 Å². The second-order valence-corrected chi connectivity index (χ2v) is 4.05. The van der Waals surface area contributed by atoms with Gasteiger partial charge in [-0.3, -0.25) is 4.98 Å². The largest absolute Gasteiger partial charge is 0.496 e. The summed E-state index contributed by atoms with van der Waals surface area (Å²) in [6.45, 7) is 4.16. The van der Waals surface area contributed by atoms with Crippen molar-refractivity contribution >= 4 is 0 Å². The van der Waals surface area contributed by atoms with E-state index in [0.717, 1.165) is 34.7 Å². The number of methoxy groups -OCH3 is 1. The summed E-state index contributed by atoms with van der Waals surface area (Å²) in [6.07, 6.45) is 0.961. The van der Waals surface area contributed by atoms with E-state index in [-0.39, 0.29) is 0 Å². The van der Waals surface area contributed by atoms with Crippen molar-refractivity contribution in [1.82, 2.24) is 4.98 Å². The zero-order valence-corrected chi connectivity index (χ0v) is 10.5. The van der Waals surface area contributed by atoms with Gasteiger partial charge in [-0.1, -0.05) is 13.0 Å². The maximum absolute atomic E-state index is 5.26. The van der Waals surface area contributed by atoms with Gasteiger partial charge in [0, 0.05) is 11.3 Å². The maximum Gasteiger partial charge on any atom is 0.121 e. The Labute approximate surface area is 102 Å². The van der Waals surface area contributed by atoms with Gasteiger partial charge in [0.25, 0.3) is 0 Å². The molecule has 1 heterocycles. The summed E-state index contributed by atoms with van der Waals surface area (Å²) in [5.74, 6) is 0.917. The number of aromatic nitrogens is 1. The second kappa shape index (κ2) is 5.00. The molecular formula is C15H17NO. The first-order valence-corrected chi connectivity index (χ1v) is 5.85. The molecule has 0 saturated heterocycles. The third-order valence-corrected chi connectivity index (χ3v) is 2.86. The molecule has 1 aromatic heterocycles. The maximum atomic E-state index is 5.26. The average Bonchev–Trinajstić information content (AvgIpc) is 2.38. The molecule has 0 fully saturated rings. The van der Waals surface area contributed by atoms with Gasteiger partial charge in [0.2, 0.25) is 0 Å². The monoisotopic (exact) mass is 227 g/mol. The molecule has 0 aliphatic carbocycles. The molecule has 0 aliphatic rings. The highest BCUT2D eigenvalue weighted by Crippen LogP contribution is 2.24. The van der Waals surface area contributed by atoms with Crippen LogP contribution in [0.25, 0.3) is 11.3 Å². The number of ether oxygens (including phenoxy) is 1. The van der Waals surface area contributed by atoms with E-state index < -0.39 is 0 Å². The number of pyridine rings is 1. The van der Waals surface area contributed by atoms with E-state index in [4.69, 9.17) is 4.74 Å². The van der Waals surface area contributed by atoms with E-state index in [2.05, 4.69) is 30.1 Å². The SMILES string of the molecule is CCc1cccc(-c2ccc(OC)c(C)c2)n1. The van der Waals surface area contributed by atoms with Crippen LogP contribution in [0.2, 0.25) is 0 Å². The summed E-state index contributed by atoms with van der Waals surface area (Å²) >= 11 is 0. The fourth-order valence-electron chi connectivity index (χ4n) is 1.88. The summed E-state index contributed by atoms with van der Waals surface area (Å²) < 4.78 is 5.26. The molecule has 0 atom stereocenters. The van der Waals surface area contributed by atoms with Crippen molar-refractivity contribution in [2.24, 2.45) is 0 Å². The highest BCUT2D eigenvalue weighted by atomic mass is 16.5. The molecule has 0 N–H and O–H groups in total. The second-order valence-electron chi connectivity index (χ2n) is 4.05. The van der Waals surface area contributed by atoms with Crippen molar-refractivity contribution in [2.75, 3.05) is 7.11 Å². The summed E-state index contributed by atoms with van der Waals surface area (Å²) in [6, 6.07) is 12.3. The molecule has 0 saturated carbocycles. The van der Waals surface area contributed by atoms with Gasteiger partial charge in [0.05, 0.1) is 12.8 Å². The Bertz CT molecular complexity index is 520. The third-order valence-electron chi connectivity index (χ3n) is 2.86. The number of aryl methyl sites for hydroxylation is 2. The molecule has 0 bridgehead atoms. The van der Waals surface area contributed by atoms with Crippen molar-refractivity contribution in [1.29, 1.82) is 0 Å². The van der Waals surface area contributed by atoms with Gasteiger partial charge in [-0.15, -0.1) is 0 Å². The van der Waals surface area contributed by atoms with E-state index in [0.29, 0.717) is 0 Å². The van der Waals surface area contributed by atoms with Gasteiger partial charge in [-0.05, 0) is 49.2 Å². The normalized spacial score (nSPS) is 10.3. The van der Waals surface area contributed by atoms with E-state index in [1.807, 2.05) is 25.1 Å². The van der Waals surface area contributed by atoms with Crippen LogP contribution in [0.4, 0.5) is 0 Å². The zero-order valence-electron chi connectivity index (χ0n) is 10.5. The summed E-state index contributed by atoms with van der Waals surface area (Å²) in [7, 11) is 1.69. The molecule has 2 aromatic rings. The lowest BCUT2D eigenvalue weighted by Gasteiger charge is -2.07. The fraction of sp³-hybridized carbons (Fsp3) is 0.267. The molecule has 2 nitrogen and oxygen atoms in total. The lowest BCUT2D eigenvalue weighted by Crippen LogP contribution is -1.91. The highest BCUT2D eigenvalue weighted by Gasteiger charge is 2.03. The molecular weight excluding hydrogens is 210 g/mol. The van der Waals surface area contributed by atoms with E-state index >= 15 is 0 Å². The van der Waals surface area contributed by atoms with Crippen LogP contribution in [0.1, 0.15) is 18.2 Å². The minimum atomic E-state index is 0.917. The number of hydrogen-bond donors (Lipinski definition) is 0. The molecule has 0 radical (unpaired) electrons. The Morgan fingerprint density at radius 1 is 1.18 bits per heavy atom. The van der Waals surface area contributed by atoms with Crippen LogP contribution in [0.15, 0.2) is 36.4 Å². The molecule has 88 valence electrons. The first-order valence-electron chi connectivity index (χ1n) is 5.85. The van der Waals surface area contributed by atoms with Gasteiger partial charge in [0.1, 0.15) is 5.75 Å². The topological polar surface area (TPSA) is 22.1 Å². The first-order chi connectivity index (χ1) is 8.24. The Balaban J connectivity index is 2.42. The summed E-state index contributed by atoms with van der Waals surface area (Å²) in [5, 5.41) is 0. The molecule has 0 spiro atoms. The Morgan fingerprint density at radius 2 is 2.00 bits per heavy atom. The molecule has 0 aliphatic heterocycles. The van der Waals surface area contributed by atoms with Crippen molar-refractivity contribution < 1.29 is 4.74 Å². The first kappa shape index (κ1) is 11.6. The van der Waals surface area contributed by atoms with E-state index in [9.17, 15) is 0 Å². The number of nitrogens with zero attached hydrogens (tertiary/aromatic N) is 1. The van der Waals surface area contributed by atoms with E-state index in [1.54, 1.807) is 7.11 Å². The predicted octanol–water partition coefficient (Wildman–Crippen LogP) is 3.63. The quantitative estimate of drug-likeness (QED) is 0.798. The van der Waals surface area contributed by atoms with Crippen LogP contribution < -0.4 is 4.74 Å². The van der Waals surface area contributed by atoms with Crippen LogP contribution in [-0.4, -0.2) is 12.1 Å². The van der Waals surface area contributed by atoms with Crippen LogP contribution in [-0.2, 0) is 6.42 Å². The molecule has 2 rings (SSSR count). The lowest BCUT2D eigenvalue weighted by molar-refractivity contribution is 0.412. The van der Waals surface area contributed by atoms with Gasteiger partial charge < -0.3 is 4.74 Å². The van der Waals surface area contributed by atoms with Crippen molar-refractivity contribution in [3.8, 4) is 17.0 Å². The van der Waals surface area contributed by atoms with Crippen LogP contribution in [0.5, 0.6) is 5.75 Å². The van der Waals surface area contributed by atoms with Gasteiger partial charge in [-0.2, -0.15) is 0 Å². The van der Waals surface area contributed by atoms with Crippen molar-refractivity contribution in [3.63, 3.8) is 0 Å². The fourth-order valence-corrected chi connectivity index (χ4v) is 1.88. The summed E-state index contributed by atoms with van der Waals surface area (Å²) in [4.78, 5) is 4.62. The van der Waals surface area contributed by atoms with Crippen molar-refractivity contribution in [2.45, 2.75) is 20.3 Å². The predicted molar refractivity (Wildman–Crippen MR) is 70.3 cm³/mol. The van der Waals surface area contributed by atoms with Gasteiger partial charge >= 0.3 is 0 Å². The minimum absolute atomic E-state index is 0.917. The van der Waals surface area contributed by atoms with Crippen molar-refractivity contribution in [3.05, 3.63) is 47.7 Å². The molecule has 0 unspecified atom stereocenters. The Morgan fingerprint density at radius 3 is 2.65 bits per heavy atom. The van der Waals surface area contributed by atoms with Gasteiger partial charge in [-0.25, -0.2) is 0 Å². The number of hydrogen-bond acceptors (Lipinski definition) is 2. The van der Waals surface area contributed by atoms with Gasteiger partial charge in [0.15, 0.2) is 0 Å². The Hall–Kier alpha value is -1.83. The average molecular weight is 227 g/mol. The van der Waals surface area contributed by atoms with E-state index in [1.165, 1.54) is 0 Å². The molecule has 17 heavy (non-hydrogen) atoms. The number of benzene rings is 1. The molecule has 2 heteroatoms. The third kappa shape index (κ3) is 2.47. The highest BCUT2D eigenvalue weighted by molar-refractivity contribution is 5.62. The molecule has 0 amide bonds. The zero-order chi connectivity index (χ0) is 12.3. The summed E-state index contributed by atoms with van der Waals surface area (Å²) in [5.41, 5.74) is 4.42. The lowest BCUT2D eigenvalue weighted by atomic mass is 10.1. The smallest absolute Gasteiger partial charge is 0.121 e. The Kier molecular flexibility index (Phi) is 3.43.